The fraction of sp³-hybridized carbons (Fsp3) is 0.158. The van der Waals surface area contributed by atoms with Gasteiger partial charge in [0.15, 0.2) is 4.34 Å². The van der Waals surface area contributed by atoms with E-state index in [1.807, 2.05) is 36.6 Å². The van der Waals surface area contributed by atoms with Crippen LogP contribution in [0.15, 0.2) is 63.1 Å². The van der Waals surface area contributed by atoms with Crippen molar-refractivity contribution in [1.82, 2.24) is 4.98 Å². The number of sulfonamides is 1. The predicted molar refractivity (Wildman–Crippen MR) is 114 cm³/mol. The van der Waals surface area contributed by atoms with Crippen LogP contribution < -0.4 is 10.5 Å². The quantitative estimate of drug-likeness (QED) is 0.574. The normalized spacial score (nSPS) is 12.5. The lowest BCUT2D eigenvalue weighted by molar-refractivity contribution is -0.115. The Morgan fingerprint density at radius 2 is 1.79 bits per heavy atom. The largest absolute Gasteiger partial charge is 0.325 e. The number of hydrogen-bond acceptors (Lipinski definition) is 6. The van der Waals surface area contributed by atoms with E-state index in [2.05, 4.69) is 10.3 Å². The van der Waals surface area contributed by atoms with Crippen LogP contribution in [0.25, 0.3) is 11.3 Å². The molecule has 0 aliphatic carbocycles. The number of hydrogen-bond donors (Lipinski definition) is 2. The van der Waals surface area contributed by atoms with Crippen LogP contribution in [0.4, 0.5) is 5.69 Å². The maximum atomic E-state index is 12.4. The monoisotopic (exact) mass is 433 g/mol. The van der Waals surface area contributed by atoms with Crippen molar-refractivity contribution in [2.45, 2.75) is 28.3 Å². The van der Waals surface area contributed by atoms with Crippen LogP contribution in [-0.2, 0) is 14.8 Å². The third-order valence-electron chi connectivity index (χ3n) is 3.93. The summed E-state index contributed by atoms with van der Waals surface area (Å²) in [4.78, 5) is 17.0. The number of rotatable bonds is 6. The van der Waals surface area contributed by atoms with Gasteiger partial charge in [-0.1, -0.05) is 41.6 Å². The van der Waals surface area contributed by atoms with Gasteiger partial charge in [0.2, 0.25) is 15.9 Å². The summed E-state index contributed by atoms with van der Waals surface area (Å²) in [6.07, 6.45) is 0. The van der Waals surface area contributed by atoms with Gasteiger partial charge in [0.05, 0.1) is 15.8 Å². The van der Waals surface area contributed by atoms with Crippen LogP contribution in [0, 0.1) is 6.92 Å². The summed E-state index contributed by atoms with van der Waals surface area (Å²) in [5.41, 5.74) is 3.62. The summed E-state index contributed by atoms with van der Waals surface area (Å²) in [6.45, 7) is 3.83. The highest BCUT2D eigenvalue weighted by Gasteiger charge is 2.17. The molecule has 0 saturated heterocycles. The van der Waals surface area contributed by atoms with Crippen molar-refractivity contribution in [2.24, 2.45) is 5.14 Å². The molecule has 1 amide bonds. The Bertz CT molecular complexity index is 1080. The van der Waals surface area contributed by atoms with E-state index in [0.29, 0.717) is 5.69 Å². The smallest absolute Gasteiger partial charge is 0.238 e. The maximum absolute atomic E-state index is 12.4. The Balaban J connectivity index is 1.62. The van der Waals surface area contributed by atoms with Gasteiger partial charge >= 0.3 is 0 Å². The molecule has 3 aromatic rings. The third-order valence-corrected chi connectivity index (χ3v) is 6.93. The molecule has 0 bridgehead atoms. The molecule has 28 heavy (non-hydrogen) atoms. The van der Waals surface area contributed by atoms with Gasteiger partial charge in [-0.25, -0.2) is 18.5 Å². The maximum Gasteiger partial charge on any atom is 0.238 e. The number of thioether (sulfide) groups is 1. The molecule has 3 N–H and O–H groups in total. The van der Waals surface area contributed by atoms with E-state index in [9.17, 15) is 13.2 Å². The summed E-state index contributed by atoms with van der Waals surface area (Å²) in [7, 11) is -3.75. The molecule has 6 nitrogen and oxygen atoms in total. The van der Waals surface area contributed by atoms with Gasteiger partial charge in [0.25, 0.3) is 0 Å². The molecule has 0 aliphatic heterocycles. The summed E-state index contributed by atoms with van der Waals surface area (Å²) in [5, 5.41) is 9.45. The molecule has 146 valence electrons. The molecule has 0 radical (unpaired) electrons. The minimum absolute atomic E-state index is 0.000608. The predicted octanol–water partition coefficient (Wildman–Crippen LogP) is 3.89. The van der Waals surface area contributed by atoms with Crippen molar-refractivity contribution in [1.29, 1.82) is 0 Å². The Kier molecular flexibility index (Phi) is 6.19. The molecule has 0 spiro atoms. The number of nitrogens with two attached hydrogens (primary N) is 1. The highest BCUT2D eigenvalue weighted by Crippen LogP contribution is 2.31. The Labute approximate surface area is 172 Å². The second-order valence-electron chi connectivity index (χ2n) is 6.18. The lowest BCUT2D eigenvalue weighted by Crippen LogP contribution is -2.22. The number of aromatic nitrogens is 1. The van der Waals surface area contributed by atoms with Crippen molar-refractivity contribution in [3.05, 3.63) is 59.5 Å². The number of anilines is 1. The average molecular weight is 434 g/mol. The van der Waals surface area contributed by atoms with Crippen molar-refractivity contribution >= 4 is 44.7 Å². The number of nitrogens with zero attached hydrogens (tertiary/aromatic N) is 1. The number of primary sulfonamides is 1. The van der Waals surface area contributed by atoms with Crippen LogP contribution in [0.2, 0.25) is 0 Å². The lowest BCUT2D eigenvalue weighted by Gasteiger charge is -2.10. The summed E-state index contributed by atoms with van der Waals surface area (Å²) >= 11 is 2.87. The minimum atomic E-state index is -3.75. The van der Waals surface area contributed by atoms with Gasteiger partial charge in [-0.15, -0.1) is 11.3 Å². The Hall–Kier alpha value is -2.20. The van der Waals surface area contributed by atoms with Crippen LogP contribution in [0.3, 0.4) is 0 Å². The number of carbonyl (C=O) groups is 1. The molecule has 0 saturated carbocycles. The Morgan fingerprint density at radius 3 is 2.39 bits per heavy atom. The summed E-state index contributed by atoms with van der Waals surface area (Å²) in [6, 6.07) is 13.9. The number of nitrogens with one attached hydrogen (secondary N) is 1. The van der Waals surface area contributed by atoms with E-state index in [0.717, 1.165) is 15.6 Å². The van der Waals surface area contributed by atoms with Gasteiger partial charge in [-0.3, -0.25) is 4.79 Å². The summed E-state index contributed by atoms with van der Waals surface area (Å²) in [5.74, 6) is -0.194. The highest BCUT2D eigenvalue weighted by molar-refractivity contribution is 8.02. The molecular weight excluding hydrogens is 414 g/mol. The zero-order valence-corrected chi connectivity index (χ0v) is 17.7. The SMILES string of the molecule is Cc1ccc(-c2csc(SC(C)C(=O)Nc3ccc(S(N)(=O)=O)cc3)n2)cc1. The van der Waals surface area contributed by atoms with E-state index < -0.39 is 10.0 Å². The van der Waals surface area contributed by atoms with Crippen LogP contribution in [0.5, 0.6) is 0 Å². The van der Waals surface area contributed by atoms with Gasteiger partial charge in [0, 0.05) is 16.6 Å². The lowest BCUT2D eigenvalue weighted by atomic mass is 10.1. The number of carbonyl (C=O) groups excluding carboxylic acids is 1. The van der Waals surface area contributed by atoms with E-state index in [1.54, 1.807) is 6.92 Å². The first kappa shape index (κ1) is 20.5. The van der Waals surface area contributed by atoms with Crippen molar-refractivity contribution in [3.63, 3.8) is 0 Å². The molecule has 0 aliphatic rings. The van der Waals surface area contributed by atoms with Gasteiger partial charge in [-0.05, 0) is 38.1 Å². The first-order valence-electron chi connectivity index (χ1n) is 8.35. The van der Waals surface area contributed by atoms with E-state index >= 15 is 0 Å². The van der Waals surface area contributed by atoms with Crippen LogP contribution >= 0.6 is 23.1 Å². The minimum Gasteiger partial charge on any atom is -0.325 e. The Morgan fingerprint density at radius 1 is 1.14 bits per heavy atom. The fourth-order valence-electron chi connectivity index (χ4n) is 2.34. The van der Waals surface area contributed by atoms with Gasteiger partial charge < -0.3 is 5.32 Å². The molecule has 0 fully saturated rings. The van der Waals surface area contributed by atoms with Crippen molar-refractivity contribution < 1.29 is 13.2 Å². The van der Waals surface area contributed by atoms with Crippen molar-refractivity contribution in [3.8, 4) is 11.3 Å². The highest BCUT2D eigenvalue weighted by atomic mass is 32.2. The van der Waals surface area contributed by atoms with E-state index in [4.69, 9.17) is 5.14 Å². The van der Waals surface area contributed by atoms with Crippen LogP contribution in [-0.4, -0.2) is 24.6 Å². The van der Waals surface area contributed by atoms with Gasteiger partial charge in [-0.2, -0.15) is 0 Å². The molecule has 2 aromatic carbocycles. The van der Waals surface area contributed by atoms with Gasteiger partial charge in [0.1, 0.15) is 0 Å². The van der Waals surface area contributed by atoms with Crippen LogP contribution in [0.1, 0.15) is 12.5 Å². The molecule has 1 heterocycles. The third kappa shape index (κ3) is 5.20. The molecule has 1 aromatic heterocycles. The standard InChI is InChI=1S/C19H19N3O3S3/c1-12-3-5-14(6-4-12)17-11-26-19(22-17)27-13(2)18(23)21-15-7-9-16(10-8-15)28(20,24)25/h3-11,13H,1-2H3,(H,21,23)(H2,20,24,25). The van der Waals surface area contributed by atoms with E-state index in [-0.39, 0.29) is 16.1 Å². The molecule has 3 rings (SSSR count). The number of amides is 1. The molecule has 1 unspecified atom stereocenters. The number of thiazole rings is 1. The summed E-state index contributed by atoms with van der Waals surface area (Å²) < 4.78 is 23.4. The second kappa shape index (κ2) is 8.44. The molecule has 1 atom stereocenters. The number of aryl methyl sites for hydroxylation is 1. The van der Waals surface area contributed by atoms with E-state index in [1.165, 1.54) is 52.9 Å². The fourth-order valence-corrected chi connectivity index (χ4v) is 4.83. The first-order valence-corrected chi connectivity index (χ1v) is 11.7. The molecular formula is C19H19N3O3S3. The first-order chi connectivity index (χ1) is 13.2. The topological polar surface area (TPSA) is 102 Å². The second-order valence-corrected chi connectivity index (χ2v) is 10.2. The number of benzene rings is 2. The zero-order valence-electron chi connectivity index (χ0n) is 15.2. The molecule has 9 heteroatoms. The van der Waals surface area contributed by atoms with Crippen molar-refractivity contribution in [2.75, 3.05) is 5.32 Å². The zero-order chi connectivity index (χ0) is 20.3. The average Bonchev–Trinajstić information content (AvgIpc) is 3.10.